The van der Waals surface area contributed by atoms with Crippen LogP contribution in [0.4, 0.5) is 0 Å². The van der Waals surface area contributed by atoms with Crippen molar-refractivity contribution in [2.75, 3.05) is 13.6 Å². The summed E-state index contributed by atoms with van der Waals surface area (Å²) in [6.45, 7) is 10.0. The van der Waals surface area contributed by atoms with Crippen LogP contribution in [0.1, 0.15) is 47.0 Å². The molecule has 17 heavy (non-hydrogen) atoms. The molecule has 1 aliphatic heterocycles. The number of nitrogens with zero attached hydrogens (tertiary/aromatic N) is 2. The van der Waals surface area contributed by atoms with E-state index >= 15 is 0 Å². The first-order valence-electron chi connectivity index (χ1n) is 6.79. The maximum Gasteiger partial charge on any atom is 0.105 e. The van der Waals surface area contributed by atoms with Gasteiger partial charge in [-0.2, -0.15) is 5.26 Å². The number of nitrogens with one attached hydrogen (secondary N) is 1. The molecule has 1 aliphatic rings. The van der Waals surface area contributed by atoms with Crippen LogP contribution < -0.4 is 5.32 Å². The van der Waals surface area contributed by atoms with Crippen molar-refractivity contribution in [3.8, 4) is 6.07 Å². The molecule has 1 fully saturated rings. The van der Waals surface area contributed by atoms with E-state index in [0.29, 0.717) is 18.0 Å². The minimum Gasteiger partial charge on any atom is -0.303 e. The Balaban J connectivity index is 2.64. The molecule has 3 heteroatoms. The Hall–Kier alpha value is -0.590. The van der Waals surface area contributed by atoms with Gasteiger partial charge in [-0.25, -0.2) is 0 Å². The fourth-order valence-electron chi connectivity index (χ4n) is 2.99. The lowest BCUT2D eigenvalue weighted by molar-refractivity contribution is 0.135. The van der Waals surface area contributed by atoms with Crippen LogP contribution in [0.3, 0.4) is 0 Å². The lowest BCUT2D eigenvalue weighted by Gasteiger charge is -2.36. The van der Waals surface area contributed by atoms with Crippen molar-refractivity contribution in [1.82, 2.24) is 10.2 Å². The molecule has 1 rings (SSSR count). The third-order valence-electron chi connectivity index (χ3n) is 4.18. The molecule has 98 valence electrons. The fourth-order valence-corrected chi connectivity index (χ4v) is 2.99. The Bertz CT molecular complexity index is 282. The summed E-state index contributed by atoms with van der Waals surface area (Å²) >= 11 is 0. The second-order valence-electron chi connectivity index (χ2n) is 5.94. The van der Waals surface area contributed by atoms with Crippen LogP contribution in [0.2, 0.25) is 0 Å². The molecule has 3 atom stereocenters. The Morgan fingerprint density at radius 1 is 1.47 bits per heavy atom. The van der Waals surface area contributed by atoms with Crippen LogP contribution in [-0.2, 0) is 0 Å². The van der Waals surface area contributed by atoms with Gasteiger partial charge in [0.2, 0.25) is 0 Å². The molecule has 1 heterocycles. The lowest BCUT2D eigenvalue weighted by atomic mass is 9.93. The Morgan fingerprint density at radius 2 is 2.12 bits per heavy atom. The zero-order valence-corrected chi connectivity index (χ0v) is 12.0. The van der Waals surface area contributed by atoms with E-state index in [1.54, 1.807) is 0 Å². The lowest BCUT2D eigenvalue weighted by Crippen LogP contribution is -2.48. The molecular weight excluding hydrogens is 210 g/mol. The highest BCUT2D eigenvalue weighted by atomic mass is 15.2. The molecule has 0 radical (unpaired) electrons. The van der Waals surface area contributed by atoms with Crippen LogP contribution in [0, 0.1) is 17.2 Å². The second-order valence-corrected chi connectivity index (χ2v) is 5.94. The third-order valence-corrected chi connectivity index (χ3v) is 4.18. The first-order valence-corrected chi connectivity index (χ1v) is 6.79. The molecule has 0 spiro atoms. The van der Waals surface area contributed by atoms with Gasteiger partial charge in [0.1, 0.15) is 5.54 Å². The van der Waals surface area contributed by atoms with Crippen molar-refractivity contribution in [3.05, 3.63) is 0 Å². The van der Waals surface area contributed by atoms with Crippen LogP contribution in [0.15, 0.2) is 0 Å². The first kappa shape index (κ1) is 14.5. The van der Waals surface area contributed by atoms with Crippen molar-refractivity contribution in [2.45, 2.75) is 64.6 Å². The molecule has 0 aromatic carbocycles. The standard InChI is InChI=1S/C14H27N3/c1-11(2)13-7-6-8-17(13)12(3)9-14(4,10-15)16-5/h11-13,16H,6-9H2,1-5H3. The number of rotatable bonds is 5. The van der Waals surface area contributed by atoms with Crippen LogP contribution >= 0.6 is 0 Å². The monoisotopic (exact) mass is 237 g/mol. The smallest absolute Gasteiger partial charge is 0.105 e. The van der Waals surface area contributed by atoms with E-state index < -0.39 is 5.54 Å². The SMILES string of the molecule is CNC(C)(C#N)CC(C)N1CCCC1C(C)C. The van der Waals surface area contributed by atoms with Gasteiger partial charge in [0, 0.05) is 12.1 Å². The summed E-state index contributed by atoms with van der Waals surface area (Å²) in [5, 5.41) is 12.4. The molecule has 0 bridgehead atoms. The van der Waals surface area contributed by atoms with Gasteiger partial charge in [0.25, 0.3) is 0 Å². The summed E-state index contributed by atoms with van der Waals surface area (Å²) in [5.74, 6) is 0.711. The summed E-state index contributed by atoms with van der Waals surface area (Å²) in [6.07, 6.45) is 3.50. The number of likely N-dealkylation sites (tertiary alicyclic amines) is 1. The van der Waals surface area contributed by atoms with Gasteiger partial charge >= 0.3 is 0 Å². The van der Waals surface area contributed by atoms with Gasteiger partial charge in [-0.05, 0) is 52.6 Å². The molecule has 1 saturated heterocycles. The number of hydrogen-bond acceptors (Lipinski definition) is 3. The third kappa shape index (κ3) is 3.43. The van der Waals surface area contributed by atoms with E-state index in [1.165, 1.54) is 19.4 Å². The predicted octanol–water partition coefficient (Wildman–Crippen LogP) is 2.39. The van der Waals surface area contributed by atoms with E-state index in [9.17, 15) is 5.26 Å². The molecule has 3 nitrogen and oxygen atoms in total. The molecule has 0 aliphatic carbocycles. The van der Waals surface area contributed by atoms with Gasteiger partial charge in [0.15, 0.2) is 0 Å². The Kier molecular flexibility index (Phi) is 4.97. The van der Waals surface area contributed by atoms with E-state index in [0.717, 1.165) is 6.42 Å². The topological polar surface area (TPSA) is 39.1 Å². The molecule has 1 N–H and O–H groups in total. The van der Waals surface area contributed by atoms with Crippen molar-refractivity contribution in [1.29, 1.82) is 5.26 Å². The summed E-state index contributed by atoms with van der Waals surface area (Å²) in [4.78, 5) is 2.59. The van der Waals surface area contributed by atoms with E-state index in [2.05, 4.69) is 37.1 Å². The molecule has 0 aromatic heterocycles. The summed E-state index contributed by atoms with van der Waals surface area (Å²) in [7, 11) is 1.87. The Labute approximate surface area is 106 Å². The van der Waals surface area contributed by atoms with Gasteiger partial charge in [-0.3, -0.25) is 4.90 Å². The first-order chi connectivity index (χ1) is 7.93. The van der Waals surface area contributed by atoms with Gasteiger partial charge in [0.05, 0.1) is 6.07 Å². The molecule has 3 unspecified atom stereocenters. The fraction of sp³-hybridized carbons (Fsp3) is 0.929. The minimum absolute atomic E-state index is 0.399. The zero-order valence-electron chi connectivity index (χ0n) is 12.0. The second kappa shape index (κ2) is 5.84. The van der Waals surface area contributed by atoms with E-state index in [1.807, 2.05) is 14.0 Å². The zero-order chi connectivity index (χ0) is 13.1. The summed E-state index contributed by atoms with van der Waals surface area (Å²) < 4.78 is 0. The Morgan fingerprint density at radius 3 is 2.59 bits per heavy atom. The van der Waals surface area contributed by atoms with Crippen LogP contribution in [-0.4, -0.2) is 36.1 Å². The highest BCUT2D eigenvalue weighted by molar-refractivity contribution is 5.05. The molecular formula is C14H27N3. The van der Waals surface area contributed by atoms with Gasteiger partial charge < -0.3 is 5.32 Å². The number of nitriles is 1. The van der Waals surface area contributed by atoms with Crippen molar-refractivity contribution >= 4 is 0 Å². The van der Waals surface area contributed by atoms with Crippen molar-refractivity contribution in [2.24, 2.45) is 5.92 Å². The maximum atomic E-state index is 9.22. The van der Waals surface area contributed by atoms with Crippen LogP contribution in [0.25, 0.3) is 0 Å². The van der Waals surface area contributed by atoms with Gasteiger partial charge in [-0.15, -0.1) is 0 Å². The van der Waals surface area contributed by atoms with E-state index in [-0.39, 0.29) is 0 Å². The van der Waals surface area contributed by atoms with Crippen LogP contribution in [0.5, 0.6) is 0 Å². The van der Waals surface area contributed by atoms with Crippen molar-refractivity contribution < 1.29 is 0 Å². The maximum absolute atomic E-state index is 9.22. The highest BCUT2D eigenvalue weighted by Gasteiger charge is 2.34. The van der Waals surface area contributed by atoms with Crippen molar-refractivity contribution in [3.63, 3.8) is 0 Å². The average molecular weight is 237 g/mol. The quantitative estimate of drug-likeness (QED) is 0.798. The summed E-state index contributed by atoms with van der Waals surface area (Å²) in [5.41, 5.74) is -0.399. The summed E-state index contributed by atoms with van der Waals surface area (Å²) in [6, 6.07) is 3.56. The normalized spacial score (nSPS) is 26.8. The molecule has 0 saturated carbocycles. The minimum atomic E-state index is -0.399. The predicted molar refractivity (Wildman–Crippen MR) is 71.7 cm³/mol. The average Bonchev–Trinajstić information content (AvgIpc) is 2.77. The molecule has 0 aromatic rings. The highest BCUT2D eigenvalue weighted by Crippen LogP contribution is 2.28. The molecule has 0 amide bonds. The largest absolute Gasteiger partial charge is 0.303 e. The van der Waals surface area contributed by atoms with Gasteiger partial charge in [-0.1, -0.05) is 13.8 Å². The van der Waals surface area contributed by atoms with E-state index in [4.69, 9.17) is 0 Å². The number of hydrogen-bond donors (Lipinski definition) is 1.